The number of hydrogen-bond acceptors (Lipinski definition) is 2. The van der Waals surface area contributed by atoms with Crippen LogP contribution in [0.4, 0.5) is 0 Å². The van der Waals surface area contributed by atoms with E-state index in [1.807, 2.05) is 17.8 Å². The maximum absolute atomic E-state index is 9.20. The van der Waals surface area contributed by atoms with E-state index in [1.54, 1.807) is 0 Å². The molecule has 16 heavy (non-hydrogen) atoms. The van der Waals surface area contributed by atoms with Gasteiger partial charge in [-0.15, -0.1) is 0 Å². The van der Waals surface area contributed by atoms with E-state index in [-0.39, 0.29) is 12.0 Å². The van der Waals surface area contributed by atoms with Gasteiger partial charge >= 0.3 is 0 Å². The molecule has 4 heteroatoms. The molecule has 2 rings (SSSR count). The van der Waals surface area contributed by atoms with Crippen molar-refractivity contribution >= 4 is 11.6 Å². The molecule has 1 aromatic heterocycles. The first-order chi connectivity index (χ1) is 7.72. The Morgan fingerprint density at radius 1 is 1.44 bits per heavy atom. The van der Waals surface area contributed by atoms with Crippen LogP contribution in [0.15, 0.2) is 6.20 Å². The number of rotatable bonds is 1. The van der Waals surface area contributed by atoms with E-state index in [0.29, 0.717) is 5.02 Å². The molecule has 1 aliphatic rings. The van der Waals surface area contributed by atoms with Crippen molar-refractivity contribution in [2.24, 2.45) is 5.92 Å². The van der Waals surface area contributed by atoms with Crippen molar-refractivity contribution in [3.8, 4) is 6.07 Å². The average molecular weight is 238 g/mol. The summed E-state index contributed by atoms with van der Waals surface area (Å²) < 4.78 is 1.90. The predicted octanol–water partition coefficient (Wildman–Crippen LogP) is 3.49. The number of hydrogen-bond donors (Lipinski definition) is 0. The second kappa shape index (κ2) is 4.88. The van der Waals surface area contributed by atoms with Gasteiger partial charge in [0.25, 0.3) is 0 Å². The molecule has 0 spiro atoms. The SMILES string of the molecule is Cc1nn(C2CCCCCC2C#N)cc1Cl. The molecule has 1 saturated carbocycles. The Kier molecular flexibility index (Phi) is 3.50. The second-order valence-electron chi connectivity index (χ2n) is 4.48. The van der Waals surface area contributed by atoms with E-state index >= 15 is 0 Å². The van der Waals surface area contributed by atoms with Crippen LogP contribution in [0.5, 0.6) is 0 Å². The van der Waals surface area contributed by atoms with Gasteiger partial charge in [-0.2, -0.15) is 10.4 Å². The van der Waals surface area contributed by atoms with Gasteiger partial charge in [0.2, 0.25) is 0 Å². The fraction of sp³-hybridized carbons (Fsp3) is 0.667. The first-order valence-corrected chi connectivity index (χ1v) is 6.21. The normalized spacial score (nSPS) is 26.1. The largest absolute Gasteiger partial charge is 0.267 e. The Morgan fingerprint density at radius 2 is 2.19 bits per heavy atom. The molecule has 2 atom stereocenters. The van der Waals surface area contributed by atoms with Crippen LogP contribution in [0, 0.1) is 24.2 Å². The van der Waals surface area contributed by atoms with Crippen molar-refractivity contribution < 1.29 is 0 Å². The van der Waals surface area contributed by atoms with Crippen LogP contribution in [0.3, 0.4) is 0 Å². The minimum Gasteiger partial charge on any atom is -0.267 e. The highest BCUT2D eigenvalue weighted by Gasteiger charge is 2.26. The molecule has 0 bridgehead atoms. The molecule has 0 aliphatic heterocycles. The molecule has 1 aliphatic carbocycles. The van der Waals surface area contributed by atoms with Crippen LogP contribution >= 0.6 is 11.6 Å². The topological polar surface area (TPSA) is 41.6 Å². The van der Waals surface area contributed by atoms with Crippen LogP contribution in [0.2, 0.25) is 5.02 Å². The minimum atomic E-state index is 0.0814. The monoisotopic (exact) mass is 237 g/mol. The molecule has 2 unspecified atom stereocenters. The van der Waals surface area contributed by atoms with Gasteiger partial charge in [0.1, 0.15) is 0 Å². The van der Waals surface area contributed by atoms with Crippen LogP contribution in [-0.4, -0.2) is 9.78 Å². The molecule has 0 saturated heterocycles. The molecule has 1 aromatic rings. The van der Waals surface area contributed by atoms with Gasteiger partial charge in [-0.25, -0.2) is 0 Å². The van der Waals surface area contributed by atoms with E-state index in [1.165, 1.54) is 12.8 Å². The van der Waals surface area contributed by atoms with E-state index in [0.717, 1.165) is 25.0 Å². The molecular weight excluding hydrogens is 222 g/mol. The summed E-state index contributed by atoms with van der Waals surface area (Å²) in [5.41, 5.74) is 0.850. The fourth-order valence-corrected chi connectivity index (χ4v) is 2.52. The summed E-state index contributed by atoms with van der Waals surface area (Å²) in [6, 6.07) is 2.62. The van der Waals surface area contributed by atoms with E-state index in [2.05, 4.69) is 11.2 Å². The first-order valence-electron chi connectivity index (χ1n) is 5.83. The van der Waals surface area contributed by atoms with Gasteiger partial charge in [-0.05, 0) is 19.8 Å². The van der Waals surface area contributed by atoms with E-state index in [4.69, 9.17) is 11.6 Å². The lowest BCUT2D eigenvalue weighted by Crippen LogP contribution is -2.17. The summed E-state index contributed by atoms with van der Waals surface area (Å²) in [6.45, 7) is 1.90. The van der Waals surface area contributed by atoms with Crippen molar-refractivity contribution in [2.75, 3.05) is 0 Å². The number of halogens is 1. The third-order valence-corrected chi connectivity index (χ3v) is 3.71. The van der Waals surface area contributed by atoms with Crippen LogP contribution in [0.25, 0.3) is 0 Å². The maximum atomic E-state index is 9.20. The summed E-state index contributed by atoms with van der Waals surface area (Å²) in [7, 11) is 0. The lowest BCUT2D eigenvalue weighted by atomic mass is 9.97. The first kappa shape index (κ1) is 11.5. The van der Waals surface area contributed by atoms with Crippen molar-refractivity contribution in [3.63, 3.8) is 0 Å². The summed E-state index contributed by atoms with van der Waals surface area (Å²) >= 11 is 6.01. The highest BCUT2D eigenvalue weighted by atomic mass is 35.5. The summed E-state index contributed by atoms with van der Waals surface area (Å²) in [5, 5.41) is 14.3. The molecule has 0 amide bonds. The molecule has 86 valence electrons. The molecule has 1 heterocycles. The zero-order valence-electron chi connectivity index (χ0n) is 9.49. The highest BCUT2D eigenvalue weighted by Crippen LogP contribution is 2.32. The fourth-order valence-electron chi connectivity index (χ4n) is 2.38. The number of aryl methyl sites for hydroxylation is 1. The predicted molar refractivity (Wildman–Crippen MR) is 63.2 cm³/mol. The smallest absolute Gasteiger partial charge is 0.0815 e. The Labute approximate surface area is 101 Å². The average Bonchev–Trinajstić information content (AvgIpc) is 2.53. The molecule has 3 nitrogen and oxygen atoms in total. The van der Waals surface area contributed by atoms with E-state index in [9.17, 15) is 5.26 Å². The third kappa shape index (κ3) is 2.22. The molecular formula is C12H16ClN3. The number of aromatic nitrogens is 2. The highest BCUT2D eigenvalue weighted by molar-refractivity contribution is 6.31. The second-order valence-corrected chi connectivity index (χ2v) is 4.89. The summed E-state index contributed by atoms with van der Waals surface area (Å²) in [5.74, 6) is 0.0814. The standard InChI is InChI=1S/C12H16ClN3/c1-9-11(13)8-16(15-9)12-6-4-2-3-5-10(12)7-14/h8,10,12H,2-6H2,1H3. The molecule has 0 N–H and O–H groups in total. The zero-order chi connectivity index (χ0) is 11.5. The molecule has 0 aromatic carbocycles. The summed E-state index contributed by atoms with van der Waals surface area (Å²) in [6.07, 6.45) is 7.44. The quantitative estimate of drug-likeness (QED) is 0.702. The third-order valence-electron chi connectivity index (χ3n) is 3.34. The number of nitrogens with zero attached hydrogens (tertiary/aromatic N) is 3. The van der Waals surface area contributed by atoms with Crippen molar-refractivity contribution in [3.05, 3.63) is 16.9 Å². The Hall–Kier alpha value is -1.01. The van der Waals surface area contributed by atoms with Gasteiger partial charge < -0.3 is 0 Å². The van der Waals surface area contributed by atoms with Gasteiger partial charge in [0.15, 0.2) is 0 Å². The Bertz CT molecular complexity index is 385. The molecule has 0 radical (unpaired) electrons. The van der Waals surface area contributed by atoms with Gasteiger partial charge in [-0.1, -0.05) is 30.9 Å². The van der Waals surface area contributed by atoms with Gasteiger partial charge in [-0.3, -0.25) is 4.68 Å². The van der Waals surface area contributed by atoms with E-state index < -0.39 is 0 Å². The van der Waals surface area contributed by atoms with Crippen molar-refractivity contribution in [2.45, 2.75) is 45.1 Å². The Balaban J connectivity index is 2.25. The summed E-state index contributed by atoms with van der Waals surface area (Å²) in [4.78, 5) is 0. The van der Waals surface area contributed by atoms with Crippen molar-refractivity contribution in [1.29, 1.82) is 5.26 Å². The Morgan fingerprint density at radius 3 is 2.81 bits per heavy atom. The van der Waals surface area contributed by atoms with Crippen LogP contribution < -0.4 is 0 Å². The molecule has 1 fully saturated rings. The van der Waals surface area contributed by atoms with Crippen LogP contribution in [-0.2, 0) is 0 Å². The zero-order valence-corrected chi connectivity index (χ0v) is 10.2. The number of nitriles is 1. The lowest BCUT2D eigenvalue weighted by molar-refractivity contribution is 0.342. The van der Waals surface area contributed by atoms with Crippen LogP contribution in [0.1, 0.15) is 43.8 Å². The van der Waals surface area contributed by atoms with Gasteiger partial charge in [0.05, 0.1) is 28.7 Å². The van der Waals surface area contributed by atoms with Crippen molar-refractivity contribution in [1.82, 2.24) is 9.78 Å². The maximum Gasteiger partial charge on any atom is 0.0815 e. The minimum absolute atomic E-state index is 0.0814. The lowest BCUT2D eigenvalue weighted by Gasteiger charge is -2.19. The van der Waals surface area contributed by atoms with Gasteiger partial charge in [0, 0.05) is 6.20 Å².